The number of aromatic carboxylic acids is 2. The quantitative estimate of drug-likeness (QED) is 0.170. The zero-order valence-corrected chi connectivity index (χ0v) is 22.3. The summed E-state index contributed by atoms with van der Waals surface area (Å²) in [5.74, 6) is -3.60. The highest BCUT2D eigenvalue weighted by Gasteiger charge is 2.21. The van der Waals surface area contributed by atoms with Gasteiger partial charge < -0.3 is 20.8 Å². The lowest BCUT2D eigenvalue weighted by Crippen LogP contribution is -2.24. The summed E-state index contributed by atoms with van der Waals surface area (Å²) in [5, 5.41) is 28.0. The Morgan fingerprint density at radius 3 is 2.45 bits per heavy atom. The van der Waals surface area contributed by atoms with Gasteiger partial charge in [0.2, 0.25) is 5.91 Å². The molecule has 2 heterocycles. The SMILES string of the molecule is CCC(Sc1cccc(NC(=O)c2ccc(C(=O)O)cc2C(=O)O)c1)C(=O)Nc1nc(-c2cccs2)cs1. The number of thiophene rings is 1. The predicted molar refractivity (Wildman–Crippen MR) is 149 cm³/mol. The number of carboxylic acid groups (broad SMARTS) is 2. The van der Waals surface area contributed by atoms with Crippen molar-refractivity contribution in [1.29, 1.82) is 0 Å². The van der Waals surface area contributed by atoms with Crippen molar-refractivity contribution in [3.63, 3.8) is 0 Å². The molecule has 0 aliphatic heterocycles. The largest absolute Gasteiger partial charge is 0.478 e. The van der Waals surface area contributed by atoms with E-state index >= 15 is 0 Å². The first-order chi connectivity index (χ1) is 18.2. The molecule has 4 aromatic rings. The molecule has 194 valence electrons. The fraction of sp³-hybridized carbons (Fsp3) is 0.115. The molecule has 0 saturated carbocycles. The lowest BCUT2D eigenvalue weighted by molar-refractivity contribution is -0.115. The zero-order chi connectivity index (χ0) is 27.2. The Balaban J connectivity index is 1.44. The van der Waals surface area contributed by atoms with Crippen molar-refractivity contribution < 1.29 is 29.4 Å². The third kappa shape index (κ3) is 6.46. The number of carboxylic acids is 2. The molecule has 12 heteroatoms. The Hall–Kier alpha value is -4.00. The van der Waals surface area contributed by atoms with Crippen LogP contribution in [0.1, 0.15) is 44.4 Å². The lowest BCUT2D eigenvalue weighted by Gasteiger charge is -2.14. The van der Waals surface area contributed by atoms with Gasteiger partial charge in [-0.1, -0.05) is 19.1 Å². The van der Waals surface area contributed by atoms with Crippen LogP contribution in [0.2, 0.25) is 0 Å². The minimum Gasteiger partial charge on any atom is -0.478 e. The Morgan fingerprint density at radius 2 is 1.76 bits per heavy atom. The molecular weight excluding hydrogens is 547 g/mol. The highest BCUT2D eigenvalue weighted by Crippen LogP contribution is 2.31. The van der Waals surface area contributed by atoms with Gasteiger partial charge in [0.1, 0.15) is 0 Å². The summed E-state index contributed by atoms with van der Waals surface area (Å²) in [4.78, 5) is 54.8. The van der Waals surface area contributed by atoms with E-state index in [0.717, 1.165) is 21.5 Å². The van der Waals surface area contributed by atoms with E-state index in [2.05, 4.69) is 15.6 Å². The van der Waals surface area contributed by atoms with Gasteiger partial charge in [-0.3, -0.25) is 9.59 Å². The van der Waals surface area contributed by atoms with Crippen molar-refractivity contribution >= 4 is 69.0 Å². The van der Waals surface area contributed by atoms with Gasteiger partial charge in [-0.25, -0.2) is 14.6 Å². The predicted octanol–water partition coefficient (Wildman–Crippen LogP) is 6.03. The van der Waals surface area contributed by atoms with Crippen LogP contribution in [0.5, 0.6) is 0 Å². The number of carbonyl (C=O) groups is 4. The van der Waals surface area contributed by atoms with Crippen LogP contribution in [-0.4, -0.2) is 44.2 Å². The van der Waals surface area contributed by atoms with Crippen molar-refractivity contribution in [2.45, 2.75) is 23.5 Å². The fourth-order valence-corrected chi connectivity index (χ4v) is 5.93. The summed E-state index contributed by atoms with van der Waals surface area (Å²) in [7, 11) is 0. The fourth-order valence-electron chi connectivity index (χ4n) is 3.44. The van der Waals surface area contributed by atoms with Crippen LogP contribution in [-0.2, 0) is 4.79 Å². The van der Waals surface area contributed by atoms with Crippen LogP contribution >= 0.6 is 34.4 Å². The Labute approximate surface area is 229 Å². The molecule has 0 bridgehead atoms. The van der Waals surface area contributed by atoms with Gasteiger partial charge in [0.25, 0.3) is 5.91 Å². The van der Waals surface area contributed by atoms with E-state index in [9.17, 15) is 24.3 Å². The van der Waals surface area contributed by atoms with Gasteiger partial charge in [0.15, 0.2) is 5.13 Å². The number of hydrogen-bond donors (Lipinski definition) is 4. The van der Waals surface area contributed by atoms with Gasteiger partial charge in [0.05, 0.1) is 32.5 Å². The van der Waals surface area contributed by atoms with Crippen LogP contribution in [0.25, 0.3) is 10.6 Å². The first-order valence-electron chi connectivity index (χ1n) is 11.2. The van der Waals surface area contributed by atoms with Crippen LogP contribution in [0.15, 0.2) is 70.3 Å². The number of amides is 2. The van der Waals surface area contributed by atoms with E-state index < -0.39 is 28.7 Å². The van der Waals surface area contributed by atoms with E-state index in [0.29, 0.717) is 17.2 Å². The molecule has 38 heavy (non-hydrogen) atoms. The zero-order valence-electron chi connectivity index (χ0n) is 19.8. The molecule has 0 aliphatic rings. The Kier molecular flexibility index (Phi) is 8.56. The minimum atomic E-state index is -1.41. The number of anilines is 2. The van der Waals surface area contributed by atoms with E-state index in [1.807, 2.05) is 29.8 Å². The Morgan fingerprint density at radius 1 is 0.947 bits per heavy atom. The average Bonchev–Trinajstić information content (AvgIpc) is 3.59. The molecule has 1 atom stereocenters. The van der Waals surface area contributed by atoms with Crippen LogP contribution in [0, 0.1) is 0 Å². The van der Waals surface area contributed by atoms with Crippen LogP contribution < -0.4 is 10.6 Å². The van der Waals surface area contributed by atoms with Crippen molar-refractivity contribution in [3.05, 3.63) is 82.0 Å². The van der Waals surface area contributed by atoms with Crippen LogP contribution in [0.3, 0.4) is 0 Å². The highest BCUT2D eigenvalue weighted by molar-refractivity contribution is 8.00. The number of benzene rings is 2. The molecule has 2 amide bonds. The normalized spacial score (nSPS) is 11.5. The first kappa shape index (κ1) is 27.0. The molecule has 0 saturated heterocycles. The second-order valence-electron chi connectivity index (χ2n) is 7.87. The minimum absolute atomic E-state index is 0.170. The summed E-state index contributed by atoms with van der Waals surface area (Å²) in [6, 6.07) is 14.0. The number of thiazole rings is 1. The van der Waals surface area contributed by atoms with Crippen molar-refractivity contribution in [2.75, 3.05) is 10.6 Å². The monoisotopic (exact) mass is 567 g/mol. The summed E-state index contributed by atoms with van der Waals surface area (Å²) >= 11 is 4.26. The third-order valence-corrected chi connectivity index (χ3v) is 8.29. The summed E-state index contributed by atoms with van der Waals surface area (Å²) in [6.45, 7) is 1.90. The molecule has 2 aromatic heterocycles. The second kappa shape index (κ2) is 12.0. The smallest absolute Gasteiger partial charge is 0.336 e. The molecular formula is C26H21N3O6S3. The van der Waals surface area contributed by atoms with Gasteiger partial charge in [0, 0.05) is 16.0 Å². The number of nitrogens with one attached hydrogen (secondary N) is 2. The molecule has 1 unspecified atom stereocenters. The number of carbonyl (C=O) groups excluding carboxylic acids is 2. The maximum absolute atomic E-state index is 12.9. The van der Waals surface area contributed by atoms with E-state index in [1.165, 1.54) is 35.2 Å². The lowest BCUT2D eigenvalue weighted by atomic mass is 10.0. The topological polar surface area (TPSA) is 146 Å². The van der Waals surface area contributed by atoms with Crippen LogP contribution in [0.4, 0.5) is 10.8 Å². The summed E-state index contributed by atoms with van der Waals surface area (Å²) in [6.07, 6.45) is 0.550. The van der Waals surface area contributed by atoms with Gasteiger partial charge >= 0.3 is 11.9 Å². The average molecular weight is 568 g/mol. The molecule has 0 fully saturated rings. The summed E-state index contributed by atoms with van der Waals surface area (Å²) in [5.41, 5.74) is 0.390. The first-order valence-corrected chi connectivity index (χ1v) is 13.9. The molecule has 0 spiro atoms. The molecule has 4 N–H and O–H groups in total. The Bertz CT molecular complexity index is 1500. The van der Waals surface area contributed by atoms with Gasteiger partial charge in [-0.05, 0) is 54.3 Å². The number of nitrogens with zero attached hydrogens (tertiary/aromatic N) is 1. The van der Waals surface area contributed by atoms with Gasteiger partial charge in [-0.15, -0.1) is 34.4 Å². The van der Waals surface area contributed by atoms with Crippen molar-refractivity contribution in [2.24, 2.45) is 0 Å². The molecule has 0 radical (unpaired) electrons. The maximum atomic E-state index is 12.9. The summed E-state index contributed by atoms with van der Waals surface area (Å²) < 4.78 is 0. The van der Waals surface area contributed by atoms with E-state index in [-0.39, 0.29) is 17.0 Å². The maximum Gasteiger partial charge on any atom is 0.336 e. The molecule has 2 aromatic carbocycles. The van der Waals surface area contributed by atoms with Gasteiger partial charge in [-0.2, -0.15) is 0 Å². The van der Waals surface area contributed by atoms with E-state index in [4.69, 9.17) is 5.11 Å². The highest BCUT2D eigenvalue weighted by atomic mass is 32.2. The van der Waals surface area contributed by atoms with Crippen molar-refractivity contribution in [1.82, 2.24) is 4.98 Å². The number of thioether (sulfide) groups is 1. The van der Waals surface area contributed by atoms with E-state index in [1.54, 1.807) is 35.6 Å². The molecule has 0 aliphatic carbocycles. The number of hydrogen-bond acceptors (Lipinski definition) is 8. The molecule has 4 rings (SSSR count). The standard InChI is InChI=1S/C26H21N3O6S3/c1-2-20(23(31)29-26-28-19(13-37-26)21-7-4-10-36-21)38-16-6-3-5-15(12-16)27-22(30)17-9-8-14(24(32)33)11-18(17)25(34)35/h3-13,20H,2H2,1H3,(H,27,30)(H,32,33)(H,34,35)(H,28,29,31). The number of rotatable bonds is 10. The molecule has 9 nitrogen and oxygen atoms in total. The second-order valence-corrected chi connectivity index (χ2v) is 11.0. The van der Waals surface area contributed by atoms with Crippen molar-refractivity contribution in [3.8, 4) is 10.6 Å². The number of aromatic nitrogens is 1. The third-order valence-electron chi connectivity index (χ3n) is 5.28.